The molecule has 0 amide bonds. The minimum atomic E-state index is -1.26. The molecule has 0 saturated carbocycles. The van der Waals surface area contributed by atoms with E-state index < -0.39 is 11.0 Å². The summed E-state index contributed by atoms with van der Waals surface area (Å²) in [4.78, 5) is 0. The maximum Gasteiger partial charge on any atom is 0.192 e. The fourth-order valence-electron chi connectivity index (χ4n) is 3.07. The summed E-state index contributed by atoms with van der Waals surface area (Å²) in [5.41, 5.74) is 1.56. The van der Waals surface area contributed by atoms with Crippen molar-refractivity contribution in [2.45, 2.75) is 13.0 Å². The first-order valence-corrected chi connectivity index (χ1v) is 9.71. The first-order chi connectivity index (χ1) is 12.7. The average molecular weight is 376 g/mol. The van der Waals surface area contributed by atoms with Crippen LogP contribution in [0.4, 0.5) is 5.82 Å². The van der Waals surface area contributed by atoms with Crippen molar-refractivity contribution in [3.63, 3.8) is 0 Å². The number of ether oxygens (including phenoxy) is 2. The van der Waals surface area contributed by atoms with Crippen LogP contribution in [-0.2, 0) is 22.3 Å². The molecule has 1 saturated heterocycles. The summed E-state index contributed by atoms with van der Waals surface area (Å²) < 4.78 is 33.4. The monoisotopic (exact) mass is 376 g/mol. The van der Waals surface area contributed by atoms with Crippen molar-refractivity contribution in [1.82, 2.24) is 14.9 Å². The predicted octanol–water partition coefficient (Wildman–Crippen LogP) is 2.19. The number of nitrogens with one attached hydrogen (secondary N) is 1. The fourth-order valence-corrected chi connectivity index (χ4v) is 4.20. The normalized spacial score (nSPS) is 18.3. The molecule has 1 aromatic carbocycles. The Morgan fingerprint density at radius 2 is 2.38 bits per heavy atom. The molecule has 9 heteroatoms. The topological polar surface area (TPSA) is 91.4 Å². The summed E-state index contributed by atoms with van der Waals surface area (Å²) in [6.45, 7) is 1.99. The molecule has 2 atom stereocenters. The van der Waals surface area contributed by atoms with Crippen LogP contribution in [-0.4, -0.2) is 45.2 Å². The molecule has 1 aliphatic heterocycles. The number of hydrogen-bond donors (Lipinski definition) is 1. The highest BCUT2D eigenvalue weighted by molar-refractivity contribution is 7.86. The van der Waals surface area contributed by atoms with E-state index in [0.29, 0.717) is 47.4 Å². The van der Waals surface area contributed by atoms with Gasteiger partial charge in [-0.25, -0.2) is 4.21 Å². The van der Waals surface area contributed by atoms with E-state index in [0.717, 1.165) is 18.6 Å². The molecule has 8 nitrogen and oxygen atoms in total. The van der Waals surface area contributed by atoms with Gasteiger partial charge in [0.25, 0.3) is 0 Å². The maximum atomic E-state index is 12.4. The van der Waals surface area contributed by atoms with Gasteiger partial charge in [0.15, 0.2) is 11.4 Å². The van der Waals surface area contributed by atoms with Crippen LogP contribution in [0.15, 0.2) is 35.1 Å². The molecular formula is C17H20N4O4S. The van der Waals surface area contributed by atoms with Crippen molar-refractivity contribution in [2.24, 2.45) is 5.92 Å². The van der Waals surface area contributed by atoms with E-state index in [4.69, 9.17) is 14.0 Å². The van der Waals surface area contributed by atoms with Crippen molar-refractivity contribution < 1.29 is 18.2 Å². The summed E-state index contributed by atoms with van der Waals surface area (Å²) in [5.74, 6) is 1.88. The molecule has 26 heavy (non-hydrogen) atoms. The summed E-state index contributed by atoms with van der Waals surface area (Å²) in [7, 11) is 0.334. The van der Waals surface area contributed by atoms with Crippen LogP contribution in [0.1, 0.15) is 12.0 Å². The van der Waals surface area contributed by atoms with E-state index in [1.54, 1.807) is 13.3 Å². The zero-order valence-electron chi connectivity index (χ0n) is 14.4. The molecule has 2 aromatic heterocycles. The second-order valence-electron chi connectivity index (χ2n) is 6.25. The van der Waals surface area contributed by atoms with Gasteiger partial charge in [0, 0.05) is 24.8 Å². The van der Waals surface area contributed by atoms with Crippen molar-refractivity contribution in [3.05, 3.63) is 36.2 Å². The molecule has 0 spiro atoms. The molecule has 1 aliphatic rings. The van der Waals surface area contributed by atoms with Crippen LogP contribution in [0.25, 0.3) is 11.0 Å². The molecule has 0 radical (unpaired) electrons. The SMILES string of the molecule is COc1cc(Cn2cccn2)cc2onc(NS(=O)CC3CCOC3)c12. The van der Waals surface area contributed by atoms with Crippen molar-refractivity contribution in [1.29, 1.82) is 0 Å². The van der Waals surface area contributed by atoms with Crippen molar-refractivity contribution in [3.8, 4) is 5.75 Å². The molecule has 4 rings (SSSR count). The predicted molar refractivity (Wildman–Crippen MR) is 97.4 cm³/mol. The smallest absolute Gasteiger partial charge is 0.192 e. The van der Waals surface area contributed by atoms with Gasteiger partial charge in [0.2, 0.25) is 0 Å². The van der Waals surface area contributed by atoms with E-state index in [9.17, 15) is 4.21 Å². The lowest BCUT2D eigenvalue weighted by atomic mass is 10.1. The number of aromatic nitrogens is 3. The number of methoxy groups -OCH3 is 1. The molecule has 138 valence electrons. The zero-order chi connectivity index (χ0) is 17.9. The Bertz CT molecular complexity index is 903. The Kier molecular flexibility index (Phi) is 4.89. The van der Waals surface area contributed by atoms with Crippen molar-refractivity contribution >= 4 is 27.8 Å². The summed E-state index contributed by atoms with van der Waals surface area (Å²) >= 11 is 0. The molecule has 3 heterocycles. The number of rotatable bonds is 7. The minimum absolute atomic E-state index is 0.309. The lowest BCUT2D eigenvalue weighted by molar-refractivity contribution is 0.189. The quantitative estimate of drug-likeness (QED) is 0.680. The first kappa shape index (κ1) is 17.0. The highest BCUT2D eigenvalue weighted by Crippen LogP contribution is 2.34. The molecule has 2 unspecified atom stereocenters. The maximum absolute atomic E-state index is 12.4. The van der Waals surface area contributed by atoms with Crippen LogP contribution in [0, 0.1) is 5.92 Å². The van der Waals surface area contributed by atoms with Crippen LogP contribution in [0.5, 0.6) is 5.75 Å². The van der Waals surface area contributed by atoms with Gasteiger partial charge in [0.05, 0.1) is 20.3 Å². The highest BCUT2D eigenvalue weighted by Gasteiger charge is 2.21. The zero-order valence-corrected chi connectivity index (χ0v) is 15.2. The van der Waals surface area contributed by atoms with Gasteiger partial charge in [-0.05, 0) is 36.1 Å². The van der Waals surface area contributed by atoms with E-state index in [1.807, 2.05) is 29.1 Å². The van der Waals surface area contributed by atoms with Gasteiger partial charge >= 0.3 is 0 Å². The summed E-state index contributed by atoms with van der Waals surface area (Å²) in [5, 5.41) is 8.94. The van der Waals surface area contributed by atoms with E-state index in [-0.39, 0.29) is 0 Å². The average Bonchev–Trinajstić information content (AvgIpc) is 3.37. The molecule has 1 fully saturated rings. The van der Waals surface area contributed by atoms with Crippen LogP contribution in [0.2, 0.25) is 0 Å². The summed E-state index contributed by atoms with van der Waals surface area (Å²) in [6, 6.07) is 5.68. The Morgan fingerprint density at radius 3 is 3.12 bits per heavy atom. The van der Waals surface area contributed by atoms with Crippen LogP contribution >= 0.6 is 0 Å². The van der Waals surface area contributed by atoms with Crippen LogP contribution < -0.4 is 9.46 Å². The third-order valence-corrected chi connectivity index (χ3v) is 5.54. The Hall–Kier alpha value is -2.39. The van der Waals surface area contributed by atoms with E-state index in [2.05, 4.69) is 15.0 Å². The third-order valence-electron chi connectivity index (χ3n) is 4.34. The molecule has 1 N–H and O–H groups in total. The van der Waals surface area contributed by atoms with Gasteiger partial charge in [-0.3, -0.25) is 9.40 Å². The van der Waals surface area contributed by atoms with Gasteiger partial charge < -0.3 is 14.0 Å². The number of hydrogen-bond acceptors (Lipinski definition) is 6. The lowest BCUT2D eigenvalue weighted by Crippen LogP contribution is -2.17. The number of nitrogens with zero attached hydrogens (tertiary/aromatic N) is 3. The second-order valence-corrected chi connectivity index (χ2v) is 7.48. The highest BCUT2D eigenvalue weighted by atomic mass is 32.2. The van der Waals surface area contributed by atoms with Gasteiger partial charge in [-0.1, -0.05) is 5.16 Å². The summed E-state index contributed by atoms with van der Waals surface area (Å²) in [6.07, 6.45) is 4.56. The minimum Gasteiger partial charge on any atom is -0.496 e. The molecule has 0 bridgehead atoms. The first-order valence-electron chi connectivity index (χ1n) is 8.39. The molecular weight excluding hydrogens is 356 g/mol. The van der Waals surface area contributed by atoms with Crippen LogP contribution in [0.3, 0.4) is 0 Å². The van der Waals surface area contributed by atoms with E-state index in [1.165, 1.54) is 0 Å². The second kappa shape index (κ2) is 7.46. The number of benzene rings is 1. The number of fused-ring (bicyclic) bond motifs is 1. The van der Waals surface area contributed by atoms with Crippen molar-refractivity contribution in [2.75, 3.05) is 30.8 Å². The number of anilines is 1. The van der Waals surface area contributed by atoms with Gasteiger partial charge in [-0.15, -0.1) is 0 Å². The molecule has 0 aliphatic carbocycles. The van der Waals surface area contributed by atoms with E-state index >= 15 is 0 Å². The van der Waals surface area contributed by atoms with Gasteiger partial charge in [0.1, 0.15) is 22.1 Å². The fraction of sp³-hybridized carbons (Fsp3) is 0.412. The molecule has 3 aromatic rings. The Morgan fingerprint density at radius 1 is 1.46 bits per heavy atom. The standard InChI is InChI=1S/C17H20N4O4S/c1-23-14-7-13(9-21-5-2-4-18-21)8-15-16(14)17(19-25-15)20-26(22)11-12-3-6-24-10-12/h2,4-5,7-8,12H,3,6,9-11H2,1H3,(H,19,20). The van der Waals surface area contributed by atoms with Gasteiger partial charge in [-0.2, -0.15) is 5.10 Å². The largest absolute Gasteiger partial charge is 0.496 e. The third kappa shape index (κ3) is 3.58. The lowest BCUT2D eigenvalue weighted by Gasteiger charge is -2.09. The Labute approximate surface area is 153 Å². The Balaban J connectivity index is 1.57.